The summed E-state index contributed by atoms with van der Waals surface area (Å²) in [6.07, 6.45) is -0.0850. The highest BCUT2D eigenvalue weighted by atomic mass is 32.1. The zero-order chi connectivity index (χ0) is 14.8. The van der Waals surface area contributed by atoms with Gasteiger partial charge in [-0.2, -0.15) is 11.3 Å². The Morgan fingerprint density at radius 2 is 2.38 bits per heavy atom. The largest absolute Gasteiger partial charge is 0.367 e. The number of thiophene rings is 1. The summed E-state index contributed by atoms with van der Waals surface area (Å²) in [7, 11) is 0. The lowest BCUT2D eigenvalue weighted by Crippen LogP contribution is -2.47. The Hall–Kier alpha value is -1.86. The van der Waals surface area contributed by atoms with Crippen molar-refractivity contribution in [1.82, 2.24) is 10.1 Å². The zero-order valence-corrected chi connectivity index (χ0v) is 12.7. The number of anilines is 1. The highest BCUT2D eigenvalue weighted by molar-refractivity contribution is 7.07. The summed E-state index contributed by atoms with van der Waals surface area (Å²) in [5, 5.41) is 10.6. The van der Waals surface area contributed by atoms with Crippen molar-refractivity contribution in [2.75, 3.05) is 18.4 Å². The molecule has 1 fully saturated rings. The molecule has 0 aromatic carbocycles. The average Bonchev–Trinajstić information content (AvgIpc) is 3.10. The molecule has 0 radical (unpaired) electrons. The molecule has 0 unspecified atom stereocenters. The van der Waals surface area contributed by atoms with Crippen LogP contribution in [-0.4, -0.2) is 35.3 Å². The van der Waals surface area contributed by atoms with Crippen LogP contribution in [-0.2, 0) is 4.74 Å². The van der Waals surface area contributed by atoms with E-state index in [4.69, 9.17) is 9.26 Å². The zero-order valence-electron chi connectivity index (χ0n) is 11.9. The molecule has 3 rings (SSSR count). The van der Waals surface area contributed by atoms with E-state index in [1.54, 1.807) is 29.2 Å². The topological polar surface area (TPSA) is 67.6 Å². The van der Waals surface area contributed by atoms with E-state index < -0.39 is 0 Å². The summed E-state index contributed by atoms with van der Waals surface area (Å²) >= 11 is 1.63. The van der Waals surface area contributed by atoms with Crippen LogP contribution in [0.25, 0.3) is 0 Å². The van der Waals surface area contributed by atoms with Crippen LogP contribution in [0.2, 0.25) is 0 Å². The van der Waals surface area contributed by atoms with E-state index in [2.05, 4.69) is 15.9 Å². The number of morpholine rings is 1. The number of carbonyl (C=O) groups excluding carboxylic acids is 1. The number of aromatic nitrogens is 1. The van der Waals surface area contributed by atoms with Gasteiger partial charge in [-0.25, -0.2) is 4.79 Å². The second-order valence-electron chi connectivity index (χ2n) is 5.15. The maximum absolute atomic E-state index is 12.3. The van der Waals surface area contributed by atoms with E-state index >= 15 is 0 Å². The summed E-state index contributed by atoms with van der Waals surface area (Å²) in [5.74, 6) is 1.10. The lowest BCUT2D eigenvalue weighted by molar-refractivity contribution is -0.0641. The van der Waals surface area contributed by atoms with Crippen molar-refractivity contribution >= 4 is 23.2 Å². The van der Waals surface area contributed by atoms with Crippen LogP contribution in [0.3, 0.4) is 0 Å². The second-order valence-corrected chi connectivity index (χ2v) is 5.93. The maximum Gasteiger partial charge on any atom is 0.323 e. The molecular formula is C14H17N3O3S. The van der Waals surface area contributed by atoms with E-state index in [0.717, 1.165) is 5.56 Å². The van der Waals surface area contributed by atoms with Gasteiger partial charge in [-0.3, -0.25) is 5.32 Å². The standard InChI is InChI=1S/C14H17N3O3S/c1-9-5-13(16-20-9)15-14(18)17-6-10(2)19-12(7-17)11-3-4-21-8-11/h3-5,8,10,12H,6-7H2,1-2H3,(H,15,16,18)/t10-,12-/m1/s1. The fraction of sp³-hybridized carbons (Fsp3) is 0.429. The summed E-state index contributed by atoms with van der Waals surface area (Å²) < 4.78 is 10.9. The number of hydrogen-bond acceptors (Lipinski definition) is 5. The van der Waals surface area contributed by atoms with Crippen LogP contribution in [0, 0.1) is 6.92 Å². The fourth-order valence-corrected chi connectivity index (χ4v) is 3.08. The number of rotatable bonds is 2. The molecule has 7 heteroatoms. The first-order valence-corrected chi connectivity index (χ1v) is 7.73. The number of urea groups is 1. The molecular weight excluding hydrogens is 290 g/mol. The van der Waals surface area contributed by atoms with Gasteiger partial charge in [0.15, 0.2) is 5.82 Å². The molecule has 112 valence electrons. The van der Waals surface area contributed by atoms with Gasteiger partial charge in [0.05, 0.1) is 12.6 Å². The Bertz CT molecular complexity index is 611. The monoisotopic (exact) mass is 307 g/mol. The summed E-state index contributed by atoms with van der Waals surface area (Å²) in [5.41, 5.74) is 1.11. The van der Waals surface area contributed by atoms with Gasteiger partial charge in [-0.15, -0.1) is 0 Å². The molecule has 21 heavy (non-hydrogen) atoms. The third-order valence-corrected chi connectivity index (χ3v) is 4.03. The highest BCUT2D eigenvalue weighted by Crippen LogP contribution is 2.27. The molecule has 0 saturated carbocycles. The van der Waals surface area contributed by atoms with Crippen molar-refractivity contribution in [2.24, 2.45) is 0 Å². The van der Waals surface area contributed by atoms with Crippen LogP contribution in [0.5, 0.6) is 0 Å². The third kappa shape index (κ3) is 3.25. The summed E-state index contributed by atoms with van der Waals surface area (Å²) in [6.45, 7) is 4.85. The van der Waals surface area contributed by atoms with Gasteiger partial charge in [-0.1, -0.05) is 5.16 Å². The number of aryl methyl sites for hydroxylation is 1. The second kappa shape index (κ2) is 5.87. The SMILES string of the molecule is Cc1cc(NC(=O)N2C[C@@H](C)O[C@@H](c3ccsc3)C2)no1. The van der Waals surface area contributed by atoms with E-state index in [1.165, 1.54) is 0 Å². The van der Waals surface area contributed by atoms with Gasteiger partial charge in [0.25, 0.3) is 0 Å². The third-order valence-electron chi connectivity index (χ3n) is 3.33. The molecule has 0 bridgehead atoms. The number of nitrogens with zero attached hydrogens (tertiary/aromatic N) is 2. The molecule has 1 aliphatic heterocycles. The highest BCUT2D eigenvalue weighted by Gasteiger charge is 2.29. The number of nitrogens with one attached hydrogen (secondary N) is 1. The van der Waals surface area contributed by atoms with Crippen molar-refractivity contribution in [1.29, 1.82) is 0 Å². The maximum atomic E-state index is 12.3. The first-order valence-electron chi connectivity index (χ1n) is 6.78. The van der Waals surface area contributed by atoms with Gasteiger partial charge >= 0.3 is 6.03 Å². The van der Waals surface area contributed by atoms with Crippen molar-refractivity contribution in [3.8, 4) is 0 Å². The van der Waals surface area contributed by atoms with Crippen LogP contribution < -0.4 is 5.32 Å². The van der Waals surface area contributed by atoms with Crippen LogP contribution >= 0.6 is 11.3 Å². The van der Waals surface area contributed by atoms with Crippen molar-refractivity contribution in [3.63, 3.8) is 0 Å². The molecule has 2 aromatic heterocycles. The summed E-state index contributed by atoms with van der Waals surface area (Å²) in [6, 6.07) is 3.54. The Labute approximate surface area is 126 Å². The molecule has 3 heterocycles. The van der Waals surface area contributed by atoms with E-state index in [9.17, 15) is 4.79 Å². The normalized spacial score (nSPS) is 22.3. The van der Waals surface area contributed by atoms with Crippen molar-refractivity contribution < 1.29 is 14.1 Å². The minimum Gasteiger partial charge on any atom is -0.367 e. The van der Waals surface area contributed by atoms with Crippen molar-refractivity contribution in [2.45, 2.75) is 26.1 Å². The summed E-state index contributed by atoms with van der Waals surface area (Å²) in [4.78, 5) is 14.1. The lowest BCUT2D eigenvalue weighted by atomic mass is 10.1. The van der Waals surface area contributed by atoms with Crippen molar-refractivity contribution in [3.05, 3.63) is 34.2 Å². The Kier molecular flexibility index (Phi) is 3.94. The van der Waals surface area contributed by atoms with E-state index in [-0.39, 0.29) is 18.2 Å². The molecule has 2 atom stereocenters. The molecule has 2 amide bonds. The van der Waals surface area contributed by atoms with Crippen LogP contribution in [0.15, 0.2) is 27.4 Å². The Morgan fingerprint density at radius 3 is 3.05 bits per heavy atom. The van der Waals surface area contributed by atoms with Gasteiger partial charge in [-0.05, 0) is 36.2 Å². The van der Waals surface area contributed by atoms with Crippen LogP contribution in [0.4, 0.5) is 10.6 Å². The minimum atomic E-state index is -0.182. The van der Waals surface area contributed by atoms with Gasteiger partial charge in [0.2, 0.25) is 0 Å². The smallest absolute Gasteiger partial charge is 0.323 e. The molecule has 2 aromatic rings. The molecule has 0 aliphatic carbocycles. The van der Waals surface area contributed by atoms with Gasteiger partial charge in [0.1, 0.15) is 11.9 Å². The Morgan fingerprint density at radius 1 is 1.52 bits per heavy atom. The predicted molar refractivity (Wildman–Crippen MR) is 79.4 cm³/mol. The average molecular weight is 307 g/mol. The van der Waals surface area contributed by atoms with E-state index in [1.807, 2.05) is 18.4 Å². The molecule has 1 aliphatic rings. The molecule has 6 nitrogen and oxygen atoms in total. The minimum absolute atomic E-state index is 0.00607. The molecule has 1 saturated heterocycles. The van der Waals surface area contributed by atoms with Crippen LogP contribution in [0.1, 0.15) is 24.4 Å². The predicted octanol–water partition coefficient (Wildman–Crippen LogP) is 3.04. The fourth-order valence-electron chi connectivity index (χ4n) is 2.37. The molecule has 1 N–H and O–H groups in total. The number of hydrogen-bond donors (Lipinski definition) is 1. The van der Waals surface area contributed by atoms with Gasteiger partial charge < -0.3 is 14.2 Å². The first-order chi connectivity index (χ1) is 10.1. The van der Waals surface area contributed by atoms with E-state index in [0.29, 0.717) is 24.7 Å². The number of ether oxygens (including phenoxy) is 1. The number of carbonyl (C=O) groups is 1. The first kappa shape index (κ1) is 14.1. The Balaban J connectivity index is 1.67. The lowest BCUT2D eigenvalue weighted by Gasteiger charge is -2.36. The van der Waals surface area contributed by atoms with Gasteiger partial charge in [0, 0.05) is 12.6 Å². The molecule has 0 spiro atoms. The number of amides is 2. The quantitative estimate of drug-likeness (QED) is 0.926.